The van der Waals surface area contributed by atoms with Crippen molar-refractivity contribution in [2.75, 3.05) is 13.2 Å². The molecule has 1 aliphatic carbocycles. The second kappa shape index (κ2) is 8.90. The van der Waals surface area contributed by atoms with Gasteiger partial charge in [-0.3, -0.25) is 20.4 Å². The van der Waals surface area contributed by atoms with Gasteiger partial charge in [0.05, 0.1) is 12.2 Å². The number of ether oxygens (including phenoxy) is 2. The minimum Gasteiger partial charge on any atom is -0.490 e. The highest BCUT2D eigenvalue weighted by atomic mass is 32.1. The van der Waals surface area contributed by atoms with Crippen molar-refractivity contribution in [3.05, 3.63) is 45.6 Å². The molecule has 0 spiro atoms. The average molecular weight is 388 g/mol. The Bertz CT molecular complexity index is 818. The molecule has 6 nitrogen and oxygen atoms in total. The first-order valence-corrected chi connectivity index (χ1v) is 9.99. The van der Waals surface area contributed by atoms with Crippen molar-refractivity contribution in [3.63, 3.8) is 0 Å². The van der Waals surface area contributed by atoms with E-state index < -0.39 is 5.91 Å². The van der Waals surface area contributed by atoms with Gasteiger partial charge >= 0.3 is 0 Å². The second-order valence-corrected chi connectivity index (χ2v) is 7.53. The Labute approximate surface area is 162 Å². The number of thiophene rings is 1. The molecule has 1 heterocycles. The Hall–Kier alpha value is -2.54. The molecule has 1 atom stereocenters. The predicted molar refractivity (Wildman–Crippen MR) is 104 cm³/mol. The van der Waals surface area contributed by atoms with Crippen molar-refractivity contribution < 1.29 is 19.1 Å². The summed E-state index contributed by atoms with van der Waals surface area (Å²) in [6, 6.07) is 7.15. The third kappa shape index (κ3) is 4.80. The van der Waals surface area contributed by atoms with Gasteiger partial charge in [0, 0.05) is 10.3 Å². The summed E-state index contributed by atoms with van der Waals surface area (Å²) < 4.78 is 10.9. The standard InChI is InChI=1S/C20H24N2O4S/c1-3-25-16-6-4-5-7-17(16)26-11-19(23)21-22-20(24)15-12-27-18-10-13(2)8-9-14(15)18/h4-7,12-13H,3,8-11H2,1-2H3,(H,21,23)(H,22,24). The molecule has 27 heavy (non-hydrogen) atoms. The number of carbonyl (C=O) groups is 2. The average Bonchev–Trinajstić information content (AvgIpc) is 3.08. The molecule has 1 aromatic carbocycles. The zero-order valence-corrected chi connectivity index (χ0v) is 16.4. The first-order valence-electron chi connectivity index (χ1n) is 9.11. The van der Waals surface area contributed by atoms with Crippen LogP contribution in [0.4, 0.5) is 0 Å². The number of benzene rings is 1. The number of para-hydroxylation sites is 2. The summed E-state index contributed by atoms with van der Waals surface area (Å²) >= 11 is 1.62. The minimum atomic E-state index is -0.438. The van der Waals surface area contributed by atoms with Crippen molar-refractivity contribution >= 4 is 23.2 Å². The van der Waals surface area contributed by atoms with Crippen LogP contribution in [0.5, 0.6) is 11.5 Å². The number of hydrazine groups is 1. The fourth-order valence-electron chi connectivity index (χ4n) is 3.09. The lowest BCUT2D eigenvalue weighted by Crippen LogP contribution is -2.44. The van der Waals surface area contributed by atoms with Crippen molar-refractivity contribution in [1.29, 1.82) is 0 Å². The molecule has 2 amide bonds. The topological polar surface area (TPSA) is 76.7 Å². The molecule has 0 bridgehead atoms. The van der Waals surface area contributed by atoms with Crippen LogP contribution < -0.4 is 20.3 Å². The van der Waals surface area contributed by atoms with Gasteiger partial charge in [0.1, 0.15) is 0 Å². The van der Waals surface area contributed by atoms with Gasteiger partial charge in [-0.25, -0.2) is 0 Å². The largest absolute Gasteiger partial charge is 0.490 e. The Morgan fingerprint density at radius 1 is 1.19 bits per heavy atom. The fraction of sp³-hybridized carbons (Fsp3) is 0.400. The monoisotopic (exact) mass is 388 g/mol. The molecule has 2 aromatic rings. The van der Waals surface area contributed by atoms with Gasteiger partial charge in [-0.2, -0.15) is 0 Å². The van der Waals surface area contributed by atoms with Gasteiger partial charge < -0.3 is 9.47 Å². The molecule has 0 saturated heterocycles. The van der Waals surface area contributed by atoms with Crippen LogP contribution in [-0.4, -0.2) is 25.0 Å². The first-order chi connectivity index (χ1) is 13.1. The lowest BCUT2D eigenvalue weighted by molar-refractivity contribution is -0.123. The van der Waals surface area contributed by atoms with Crippen molar-refractivity contribution in [2.24, 2.45) is 5.92 Å². The first kappa shape index (κ1) is 19.2. The predicted octanol–water partition coefficient (Wildman–Crippen LogP) is 3.11. The fourth-order valence-corrected chi connectivity index (χ4v) is 4.33. The summed E-state index contributed by atoms with van der Waals surface area (Å²) in [6.45, 7) is 4.39. The maximum absolute atomic E-state index is 12.4. The molecule has 144 valence electrons. The van der Waals surface area contributed by atoms with Crippen LogP contribution in [0.15, 0.2) is 29.6 Å². The number of nitrogens with one attached hydrogen (secondary N) is 2. The Balaban J connectivity index is 1.50. The third-order valence-electron chi connectivity index (χ3n) is 4.47. The summed E-state index contributed by atoms with van der Waals surface area (Å²) in [6.07, 6.45) is 3.02. The van der Waals surface area contributed by atoms with Gasteiger partial charge in [-0.1, -0.05) is 19.1 Å². The SMILES string of the molecule is CCOc1ccccc1OCC(=O)NNC(=O)c1csc2c1CCC(C)C2. The number of fused-ring (bicyclic) bond motifs is 1. The summed E-state index contributed by atoms with van der Waals surface area (Å²) in [5.41, 5.74) is 6.66. The van der Waals surface area contributed by atoms with Crippen molar-refractivity contribution in [2.45, 2.75) is 33.1 Å². The van der Waals surface area contributed by atoms with Crippen molar-refractivity contribution in [1.82, 2.24) is 10.9 Å². The van der Waals surface area contributed by atoms with Crippen LogP contribution in [0.3, 0.4) is 0 Å². The smallest absolute Gasteiger partial charge is 0.276 e. The summed E-state index contributed by atoms with van der Waals surface area (Å²) in [5, 5.41) is 1.87. The molecule has 0 radical (unpaired) electrons. The van der Waals surface area contributed by atoms with Gasteiger partial charge in [-0.05, 0) is 49.8 Å². The lowest BCUT2D eigenvalue weighted by atomic mass is 9.88. The molecule has 0 aliphatic heterocycles. The lowest BCUT2D eigenvalue weighted by Gasteiger charge is -2.18. The molecular weight excluding hydrogens is 364 g/mol. The highest BCUT2D eigenvalue weighted by Crippen LogP contribution is 2.32. The Morgan fingerprint density at radius 3 is 2.67 bits per heavy atom. The van der Waals surface area contributed by atoms with Crippen LogP contribution in [0.25, 0.3) is 0 Å². The van der Waals surface area contributed by atoms with Gasteiger partial charge in [0.25, 0.3) is 11.8 Å². The van der Waals surface area contributed by atoms with Crippen LogP contribution in [-0.2, 0) is 17.6 Å². The van der Waals surface area contributed by atoms with Crippen LogP contribution in [0.1, 0.15) is 41.1 Å². The van der Waals surface area contributed by atoms with E-state index in [-0.39, 0.29) is 12.5 Å². The quantitative estimate of drug-likeness (QED) is 0.746. The summed E-state index contributed by atoms with van der Waals surface area (Å²) in [7, 11) is 0. The molecule has 7 heteroatoms. The van der Waals surface area contributed by atoms with E-state index in [0.717, 1.165) is 24.8 Å². The minimum absolute atomic E-state index is 0.219. The van der Waals surface area contributed by atoms with Gasteiger partial charge in [0.15, 0.2) is 18.1 Å². The maximum Gasteiger partial charge on any atom is 0.276 e. The number of amides is 2. The molecule has 3 rings (SSSR count). The maximum atomic E-state index is 12.4. The number of hydrogen-bond donors (Lipinski definition) is 2. The van der Waals surface area contributed by atoms with Crippen LogP contribution in [0, 0.1) is 5.92 Å². The summed E-state index contributed by atoms with van der Waals surface area (Å²) in [4.78, 5) is 25.7. The normalized spacial score (nSPS) is 15.6. The number of rotatable bonds is 6. The molecule has 2 N–H and O–H groups in total. The number of hydrogen-bond acceptors (Lipinski definition) is 5. The second-order valence-electron chi connectivity index (χ2n) is 6.57. The van der Waals surface area contributed by atoms with Crippen LogP contribution in [0.2, 0.25) is 0 Å². The Kier molecular flexibility index (Phi) is 6.34. The molecular formula is C20H24N2O4S. The molecule has 0 saturated carbocycles. The van der Waals surface area contributed by atoms with E-state index in [1.165, 1.54) is 4.88 Å². The Morgan fingerprint density at radius 2 is 1.93 bits per heavy atom. The van der Waals surface area contributed by atoms with E-state index in [1.54, 1.807) is 29.5 Å². The molecule has 1 aliphatic rings. The van der Waals surface area contributed by atoms with E-state index in [0.29, 0.717) is 29.6 Å². The van der Waals surface area contributed by atoms with E-state index in [1.807, 2.05) is 18.4 Å². The molecule has 0 fully saturated rings. The number of carbonyl (C=O) groups excluding carboxylic acids is 2. The van der Waals surface area contributed by atoms with E-state index >= 15 is 0 Å². The van der Waals surface area contributed by atoms with Crippen LogP contribution >= 0.6 is 11.3 Å². The summed E-state index contributed by atoms with van der Waals surface area (Å²) in [5.74, 6) is 0.999. The van der Waals surface area contributed by atoms with E-state index in [2.05, 4.69) is 17.8 Å². The third-order valence-corrected chi connectivity index (χ3v) is 5.52. The van der Waals surface area contributed by atoms with E-state index in [4.69, 9.17) is 9.47 Å². The van der Waals surface area contributed by atoms with Gasteiger partial charge in [-0.15, -0.1) is 11.3 Å². The molecule has 1 unspecified atom stereocenters. The zero-order chi connectivity index (χ0) is 19.2. The highest BCUT2D eigenvalue weighted by Gasteiger charge is 2.23. The van der Waals surface area contributed by atoms with E-state index in [9.17, 15) is 9.59 Å². The van der Waals surface area contributed by atoms with Crippen molar-refractivity contribution in [3.8, 4) is 11.5 Å². The zero-order valence-electron chi connectivity index (χ0n) is 15.5. The molecule has 1 aromatic heterocycles. The van der Waals surface area contributed by atoms with Gasteiger partial charge in [0.2, 0.25) is 0 Å². The highest BCUT2D eigenvalue weighted by molar-refractivity contribution is 7.10.